The SMILES string of the molecule is CC(=O)OCC1O[C@@H](CC(=O)Cn2[se]c3ccccc3c2=O)C(OC(C)=O)[C@@H](C)[C@H]1OC(C)=O. The summed E-state index contributed by atoms with van der Waals surface area (Å²) in [4.78, 5) is 60.4. The van der Waals surface area contributed by atoms with Gasteiger partial charge in [-0.2, -0.15) is 0 Å². The Morgan fingerprint density at radius 2 is 1.59 bits per heavy atom. The fraction of sp³-hybridized carbons (Fsp3) is 0.522. The van der Waals surface area contributed by atoms with Crippen molar-refractivity contribution in [2.24, 2.45) is 5.92 Å². The number of rotatable bonds is 8. The van der Waals surface area contributed by atoms with Gasteiger partial charge in [0.15, 0.2) is 0 Å². The van der Waals surface area contributed by atoms with Crippen LogP contribution in [0, 0.1) is 5.92 Å². The molecule has 1 aromatic carbocycles. The Labute approximate surface area is 202 Å². The van der Waals surface area contributed by atoms with E-state index in [1.807, 2.05) is 12.1 Å². The van der Waals surface area contributed by atoms with E-state index in [1.165, 1.54) is 24.3 Å². The van der Waals surface area contributed by atoms with Crippen LogP contribution in [-0.2, 0) is 44.7 Å². The van der Waals surface area contributed by atoms with Gasteiger partial charge in [-0.05, 0) is 0 Å². The van der Waals surface area contributed by atoms with Crippen LogP contribution in [0.3, 0.4) is 0 Å². The molecule has 2 aromatic rings. The molecule has 3 rings (SSSR count). The third-order valence-electron chi connectivity index (χ3n) is 5.48. The number of nitrogens with zero attached hydrogens (tertiary/aromatic N) is 1. The Bertz CT molecular complexity index is 1130. The van der Waals surface area contributed by atoms with E-state index in [0.29, 0.717) is 5.39 Å². The molecular formula is C23H27NO9Se. The number of carbonyl (C=O) groups excluding carboxylic acids is 4. The zero-order valence-corrected chi connectivity index (χ0v) is 21.1. The van der Waals surface area contributed by atoms with Crippen LogP contribution in [0.25, 0.3) is 9.65 Å². The van der Waals surface area contributed by atoms with E-state index in [0.717, 1.165) is 4.26 Å². The van der Waals surface area contributed by atoms with Crippen molar-refractivity contribution < 1.29 is 38.1 Å². The first-order chi connectivity index (χ1) is 16.1. The second-order valence-electron chi connectivity index (χ2n) is 8.19. The summed E-state index contributed by atoms with van der Waals surface area (Å²) in [6, 6.07) is 7.24. The van der Waals surface area contributed by atoms with Gasteiger partial charge >= 0.3 is 202 Å². The van der Waals surface area contributed by atoms with Crippen molar-refractivity contribution in [3.8, 4) is 0 Å². The fourth-order valence-corrected chi connectivity index (χ4v) is 6.20. The minimum atomic E-state index is -0.878. The van der Waals surface area contributed by atoms with E-state index in [-0.39, 0.29) is 45.6 Å². The van der Waals surface area contributed by atoms with Crippen molar-refractivity contribution in [2.75, 3.05) is 6.61 Å². The predicted octanol–water partition coefficient (Wildman–Crippen LogP) is 0.848. The van der Waals surface area contributed by atoms with Gasteiger partial charge in [-0.25, -0.2) is 0 Å². The van der Waals surface area contributed by atoms with Crippen molar-refractivity contribution in [2.45, 2.75) is 65.1 Å². The van der Waals surface area contributed by atoms with Crippen LogP contribution >= 0.6 is 0 Å². The summed E-state index contributed by atoms with van der Waals surface area (Å²) >= 11 is -0.308. The topological polar surface area (TPSA) is 127 Å². The summed E-state index contributed by atoms with van der Waals surface area (Å²) < 4.78 is 24.4. The average Bonchev–Trinajstić information content (AvgIpc) is 3.06. The first-order valence-corrected chi connectivity index (χ1v) is 12.4. The number of hydrogen-bond acceptors (Lipinski definition) is 9. The Kier molecular flexibility index (Phi) is 8.46. The van der Waals surface area contributed by atoms with E-state index >= 15 is 0 Å². The van der Waals surface area contributed by atoms with Gasteiger partial charge in [0.05, 0.1) is 0 Å². The summed E-state index contributed by atoms with van der Waals surface area (Å²) in [5.41, 5.74) is -0.193. The molecule has 0 aliphatic carbocycles. The van der Waals surface area contributed by atoms with E-state index in [1.54, 1.807) is 19.1 Å². The molecule has 2 heterocycles. The van der Waals surface area contributed by atoms with E-state index < -0.39 is 48.2 Å². The molecule has 0 bridgehead atoms. The van der Waals surface area contributed by atoms with Crippen LogP contribution in [0.1, 0.15) is 34.1 Å². The molecule has 184 valence electrons. The number of ether oxygens (including phenoxy) is 4. The third kappa shape index (κ3) is 6.22. The number of ketones is 1. The molecule has 0 radical (unpaired) electrons. The minimum absolute atomic E-state index is 0.101. The molecule has 0 spiro atoms. The van der Waals surface area contributed by atoms with Crippen molar-refractivity contribution in [3.05, 3.63) is 34.6 Å². The first-order valence-electron chi connectivity index (χ1n) is 10.8. The predicted molar refractivity (Wildman–Crippen MR) is 120 cm³/mol. The van der Waals surface area contributed by atoms with Crippen LogP contribution in [0.2, 0.25) is 0 Å². The summed E-state index contributed by atoms with van der Waals surface area (Å²) in [7, 11) is 0. The Morgan fingerprint density at radius 3 is 2.18 bits per heavy atom. The van der Waals surface area contributed by atoms with Gasteiger partial charge in [0.1, 0.15) is 0 Å². The van der Waals surface area contributed by atoms with Crippen LogP contribution < -0.4 is 5.56 Å². The number of esters is 3. The molecule has 1 aliphatic rings. The van der Waals surface area contributed by atoms with Gasteiger partial charge < -0.3 is 0 Å². The molecule has 0 N–H and O–H groups in total. The first kappa shape index (κ1) is 25.9. The summed E-state index contributed by atoms with van der Waals surface area (Å²) in [5, 5.41) is 0.598. The van der Waals surface area contributed by atoms with Crippen molar-refractivity contribution >= 4 is 48.1 Å². The van der Waals surface area contributed by atoms with Gasteiger partial charge in [-0.3, -0.25) is 0 Å². The zero-order chi connectivity index (χ0) is 25.0. The van der Waals surface area contributed by atoms with E-state index in [9.17, 15) is 24.0 Å². The fourth-order valence-electron chi connectivity index (χ4n) is 4.06. The van der Waals surface area contributed by atoms with Crippen LogP contribution in [-0.4, -0.2) is 73.0 Å². The molecule has 1 fully saturated rings. The monoisotopic (exact) mass is 541 g/mol. The molecular weight excluding hydrogens is 513 g/mol. The molecule has 10 nitrogen and oxygen atoms in total. The number of carbonyl (C=O) groups is 4. The Hall–Kier alpha value is -2.75. The quantitative estimate of drug-likeness (QED) is 0.272. The van der Waals surface area contributed by atoms with Crippen molar-refractivity contribution in [1.82, 2.24) is 3.56 Å². The number of aromatic nitrogens is 1. The second kappa shape index (κ2) is 11.1. The maximum absolute atomic E-state index is 13.0. The van der Waals surface area contributed by atoms with Gasteiger partial charge in [0.2, 0.25) is 0 Å². The summed E-state index contributed by atoms with van der Waals surface area (Å²) in [6.07, 6.45) is -3.59. The molecule has 1 saturated heterocycles. The van der Waals surface area contributed by atoms with E-state index in [2.05, 4.69) is 0 Å². The van der Waals surface area contributed by atoms with Gasteiger partial charge in [0.25, 0.3) is 0 Å². The summed E-state index contributed by atoms with van der Waals surface area (Å²) in [5.74, 6) is -2.50. The van der Waals surface area contributed by atoms with Gasteiger partial charge in [-0.15, -0.1) is 0 Å². The number of Topliss-reactive ketones (excluding diaryl/α,β-unsaturated/α-hetero) is 1. The normalized spacial score (nSPS) is 24.4. The van der Waals surface area contributed by atoms with Gasteiger partial charge in [-0.1, -0.05) is 0 Å². The molecule has 34 heavy (non-hydrogen) atoms. The number of benzene rings is 1. The van der Waals surface area contributed by atoms with Crippen LogP contribution in [0.4, 0.5) is 0 Å². The molecule has 5 atom stereocenters. The standard InChI is InChI=1S/C23H27NO9Se/c1-12-21(31-14(3)26)18(33-19(11-30-13(2)25)22(12)32-15(4)27)9-16(28)10-24-23(29)17-7-5-6-8-20(17)34-24/h5-8,12,18-19,21-22H,9-11H2,1-4H3/t12-,18+,19?,21?,22-/m1/s1. The average molecular weight is 540 g/mol. The van der Waals surface area contributed by atoms with Crippen molar-refractivity contribution in [3.63, 3.8) is 0 Å². The Morgan fingerprint density at radius 1 is 0.971 bits per heavy atom. The maximum atomic E-state index is 13.0. The molecule has 11 heteroatoms. The number of hydrogen-bond donors (Lipinski definition) is 0. The van der Waals surface area contributed by atoms with Crippen LogP contribution in [0.5, 0.6) is 0 Å². The van der Waals surface area contributed by atoms with Gasteiger partial charge in [0, 0.05) is 0 Å². The molecule has 0 amide bonds. The van der Waals surface area contributed by atoms with Crippen molar-refractivity contribution in [1.29, 1.82) is 0 Å². The molecule has 1 aromatic heterocycles. The summed E-state index contributed by atoms with van der Waals surface area (Å²) in [6.45, 7) is 5.13. The molecule has 2 unspecified atom stereocenters. The third-order valence-corrected chi connectivity index (χ3v) is 7.72. The second-order valence-corrected chi connectivity index (χ2v) is 10.4. The van der Waals surface area contributed by atoms with E-state index in [4.69, 9.17) is 18.9 Å². The van der Waals surface area contributed by atoms with Crippen LogP contribution in [0.15, 0.2) is 29.1 Å². The molecule has 1 aliphatic heterocycles. The zero-order valence-electron chi connectivity index (χ0n) is 19.3. The molecule has 0 saturated carbocycles. The Balaban J connectivity index is 1.81. The number of fused-ring (bicyclic) bond motifs is 1.